The molecule has 1 radical (unpaired) electrons. The van der Waals surface area contributed by atoms with Gasteiger partial charge in [-0.05, 0) is 51.4 Å². The maximum absolute atomic E-state index is 13.7. The van der Waals surface area contributed by atoms with Gasteiger partial charge in [-0.3, -0.25) is 13.8 Å². The molecule has 0 aliphatic carbocycles. The first kappa shape index (κ1) is 34.5. The van der Waals surface area contributed by atoms with Crippen molar-refractivity contribution in [3.05, 3.63) is 109 Å². The Morgan fingerprint density at radius 2 is 1.46 bits per heavy atom. The van der Waals surface area contributed by atoms with Crippen molar-refractivity contribution in [3.63, 3.8) is 0 Å². The minimum Gasteiger partial charge on any atom is -0.570 e. The average Bonchev–Trinajstić information content (AvgIpc) is 3.76. The average molecular weight is 827 g/mol. The van der Waals surface area contributed by atoms with Crippen LogP contribution in [0.1, 0.15) is 16.8 Å². The molecule has 0 unspecified atom stereocenters. The zero-order valence-electron chi connectivity index (χ0n) is 23.7. The fourth-order valence-electron chi connectivity index (χ4n) is 4.14. The van der Waals surface area contributed by atoms with Gasteiger partial charge in [0.25, 0.3) is 0 Å². The predicted molar refractivity (Wildman–Crippen MR) is 145 cm³/mol. The SMILES string of the molecule is CN1C=CN(c2[c-]c(N3C=CN(C)[CH-]3)cc(C(F)(F)F)c2)[CH-]1.Cc1c(C(F)(F)F)n[n-]c1-c1nc(-c2[c-]cc(F)cc2F)co1.[Ir]. The summed E-state index contributed by atoms with van der Waals surface area (Å²) in [5, 5.41) is 6.47. The van der Waals surface area contributed by atoms with Crippen LogP contribution in [0, 0.1) is 44.0 Å². The summed E-state index contributed by atoms with van der Waals surface area (Å²) >= 11 is 0. The summed E-state index contributed by atoms with van der Waals surface area (Å²) in [6.45, 7) is 4.55. The first-order valence-electron chi connectivity index (χ1n) is 12.7. The molecule has 2 aromatic carbocycles. The van der Waals surface area contributed by atoms with Crippen molar-refractivity contribution in [2.75, 3.05) is 23.9 Å². The molecule has 4 aromatic rings. The van der Waals surface area contributed by atoms with E-state index in [1.54, 1.807) is 71.8 Å². The molecule has 8 nitrogen and oxygen atoms in total. The Balaban J connectivity index is 0.000000205. The minimum absolute atomic E-state index is 0. The van der Waals surface area contributed by atoms with Crippen LogP contribution in [0.15, 0.2) is 59.7 Å². The Hall–Kier alpha value is -4.37. The molecule has 0 atom stereocenters. The number of hydrogen-bond acceptors (Lipinski definition) is 7. The number of nitrogens with zero attached hydrogens (tertiary/aromatic N) is 7. The Bertz CT molecular complexity index is 1700. The molecule has 0 bridgehead atoms. The Morgan fingerprint density at radius 3 is 1.91 bits per heavy atom. The van der Waals surface area contributed by atoms with Crippen LogP contribution in [0.2, 0.25) is 0 Å². The summed E-state index contributed by atoms with van der Waals surface area (Å²) in [6, 6.07) is 9.08. The standard InChI is InChI=1S/C15H14F3N4.C14H6F5N3O.Ir/c1-19-3-5-21(10-19)13-7-12(15(16,17)18)8-14(9-13)22-6-4-20(2)11-22;1-6-11(21-22-12(6)14(17,18)19)13-20-10(5-23-13)8-3-2-7(15)4-9(8)16;/h3-8,10-11H,1-2H3;2,4-5H,1H3;/q-3;-2;. The van der Waals surface area contributed by atoms with Gasteiger partial charge in [0.15, 0.2) is 5.89 Å². The van der Waals surface area contributed by atoms with Gasteiger partial charge in [-0.15, -0.1) is 41.7 Å². The van der Waals surface area contributed by atoms with Gasteiger partial charge in [-0.25, -0.2) is 0 Å². The molecule has 6 rings (SSSR count). The number of halogens is 8. The van der Waals surface area contributed by atoms with Gasteiger partial charge in [0.1, 0.15) is 5.69 Å². The molecule has 0 N–H and O–H groups in total. The molecule has 2 aromatic heterocycles. The zero-order chi connectivity index (χ0) is 32.7. The van der Waals surface area contributed by atoms with Crippen molar-refractivity contribution >= 4 is 11.4 Å². The Kier molecular flexibility index (Phi) is 9.87. The van der Waals surface area contributed by atoms with Gasteiger partial charge in [-0.2, -0.15) is 39.7 Å². The number of hydrogen-bond donors (Lipinski definition) is 0. The molecule has 0 spiro atoms. The van der Waals surface area contributed by atoms with E-state index in [4.69, 9.17) is 4.42 Å². The van der Waals surface area contributed by atoms with Gasteiger partial charge in [0.05, 0.1) is 6.26 Å². The molecular formula is C29H20F8IrN7O-5. The second-order valence-corrected chi connectivity index (χ2v) is 9.71. The van der Waals surface area contributed by atoms with E-state index in [0.717, 1.165) is 24.5 Å². The molecule has 0 amide bonds. The van der Waals surface area contributed by atoms with Crippen LogP contribution in [-0.2, 0) is 32.5 Å². The third-order valence-electron chi connectivity index (χ3n) is 6.31. The first-order valence-corrected chi connectivity index (χ1v) is 12.7. The predicted octanol–water partition coefficient (Wildman–Crippen LogP) is 6.95. The molecule has 2 aliphatic rings. The Morgan fingerprint density at radius 1 is 0.870 bits per heavy atom. The summed E-state index contributed by atoms with van der Waals surface area (Å²) in [5.41, 5.74) is -1.86. The maximum Gasteiger partial charge on any atom is 0.431 e. The molecule has 4 heterocycles. The van der Waals surface area contributed by atoms with E-state index >= 15 is 0 Å². The smallest absolute Gasteiger partial charge is 0.431 e. The van der Waals surface area contributed by atoms with E-state index in [1.165, 1.54) is 6.92 Å². The number of benzene rings is 2. The van der Waals surface area contributed by atoms with Crippen LogP contribution < -0.4 is 14.9 Å². The second-order valence-electron chi connectivity index (χ2n) is 9.71. The summed E-state index contributed by atoms with van der Waals surface area (Å²) in [5.74, 6) is -1.99. The van der Waals surface area contributed by atoms with Crippen molar-refractivity contribution in [3.8, 4) is 22.8 Å². The second kappa shape index (κ2) is 13.2. The third-order valence-corrected chi connectivity index (χ3v) is 6.31. The molecule has 46 heavy (non-hydrogen) atoms. The summed E-state index contributed by atoms with van der Waals surface area (Å²) in [7, 11) is 3.61. The van der Waals surface area contributed by atoms with Gasteiger partial charge < -0.3 is 34.2 Å². The van der Waals surface area contributed by atoms with Gasteiger partial charge in [0.2, 0.25) is 0 Å². The molecule has 0 saturated carbocycles. The summed E-state index contributed by atoms with van der Waals surface area (Å²) in [4.78, 5) is 10.6. The van der Waals surface area contributed by atoms with Crippen molar-refractivity contribution in [2.45, 2.75) is 19.3 Å². The quantitative estimate of drug-likeness (QED) is 0.162. The van der Waals surface area contributed by atoms with Crippen molar-refractivity contribution in [1.29, 1.82) is 0 Å². The van der Waals surface area contributed by atoms with Crippen LogP contribution in [0.4, 0.5) is 46.5 Å². The molecule has 17 heteroatoms. The monoisotopic (exact) mass is 827 g/mol. The topological polar surface area (TPSA) is 66.0 Å². The van der Waals surface area contributed by atoms with Crippen LogP contribution in [0.25, 0.3) is 22.8 Å². The Labute approximate surface area is 270 Å². The molecule has 2 aliphatic heterocycles. The van der Waals surface area contributed by atoms with E-state index < -0.39 is 35.2 Å². The molecular weight excluding hydrogens is 807 g/mol. The van der Waals surface area contributed by atoms with E-state index in [0.29, 0.717) is 17.4 Å². The third kappa shape index (κ3) is 7.53. The summed E-state index contributed by atoms with van der Waals surface area (Å²) in [6.07, 6.45) is -1.17. The van der Waals surface area contributed by atoms with E-state index in [-0.39, 0.29) is 48.5 Å². The fourth-order valence-corrected chi connectivity index (χ4v) is 4.14. The van der Waals surface area contributed by atoms with Crippen molar-refractivity contribution < 1.29 is 59.6 Å². The number of aromatic nitrogens is 3. The van der Waals surface area contributed by atoms with E-state index in [9.17, 15) is 35.1 Å². The van der Waals surface area contributed by atoms with Crippen LogP contribution in [0.5, 0.6) is 0 Å². The fraction of sp³-hybridized carbons (Fsp3) is 0.172. The van der Waals surface area contributed by atoms with Gasteiger partial charge in [0, 0.05) is 37.4 Å². The minimum atomic E-state index is -4.65. The maximum atomic E-state index is 13.7. The van der Waals surface area contributed by atoms with Crippen LogP contribution in [-0.4, -0.2) is 34.0 Å². The zero-order valence-corrected chi connectivity index (χ0v) is 26.1. The normalized spacial score (nSPS) is 14.6. The summed E-state index contributed by atoms with van der Waals surface area (Å²) < 4.78 is 109. The van der Waals surface area contributed by atoms with Crippen molar-refractivity contribution in [1.82, 2.24) is 25.0 Å². The molecule has 0 saturated heterocycles. The van der Waals surface area contributed by atoms with E-state index in [2.05, 4.69) is 27.3 Å². The van der Waals surface area contributed by atoms with Crippen molar-refractivity contribution in [2.24, 2.45) is 0 Å². The first-order chi connectivity index (χ1) is 21.1. The van der Waals surface area contributed by atoms with Crippen LogP contribution in [0.3, 0.4) is 0 Å². The number of rotatable bonds is 4. The largest absolute Gasteiger partial charge is 0.570 e. The number of anilines is 2. The van der Waals surface area contributed by atoms with Crippen LogP contribution >= 0.6 is 0 Å². The number of oxazole rings is 1. The van der Waals surface area contributed by atoms with E-state index in [1.807, 2.05) is 0 Å². The molecule has 0 fully saturated rings. The van der Waals surface area contributed by atoms with Gasteiger partial charge in [-0.1, -0.05) is 22.9 Å². The molecule has 247 valence electrons. The number of alkyl halides is 6. The van der Waals surface area contributed by atoms with Gasteiger partial charge >= 0.3 is 12.4 Å².